The number of rotatable bonds is 5. The molecule has 0 heterocycles. The van der Waals surface area contributed by atoms with Gasteiger partial charge in [0.1, 0.15) is 4.32 Å². The number of ketones is 1. The van der Waals surface area contributed by atoms with Gasteiger partial charge in [0.15, 0.2) is 5.78 Å². The van der Waals surface area contributed by atoms with E-state index in [4.69, 9.17) is 12.2 Å². The monoisotopic (exact) mass is 279 g/mol. The quantitative estimate of drug-likeness (QED) is 0.464. The minimum atomic E-state index is 0.00504. The Bertz CT molecular complexity index is 425. The first-order chi connectivity index (χ1) is 8.69. The van der Waals surface area contributed by atoms with Crippen molar-refractivity contribution >= 4 is 34.1 Å². The Balaban J connectivity index is 2.51. The molecule has 1 aromatic rings. The third kappa shape index (κ3) is 4.63. The summed E-state index contributed by atoms with van der Waals surface area (Å²) in [5.41, 5.74) is 0.697. The van der Waals surface area contributed by atoms with Crippen LogP contribution in [0.4, 0.5) is 0 Å². The molecule has 0 radical (unpaired) electrons. The molecule has 0 aliphatic rings. The van der Waals surface area contributed by atoms with Crippen LogP contribution in [0, 0.1) is 0 Å². The molecule has 1 rings (SSSR count). The summed E-state index contributed by atoms with van der Waals surface area (Å²) in [6.07, 6.45) is 1.57. The number of thiocarbonyl (C=S) groups is 1. The summed E-state index contributed by atoms with van der Waals surface area (Å²) in [6.45, 7) is 5.91. The fourth-order valence-corrected chi connectivity index (χ4v) is 2.55. The van der Waals surface area contributed by atoms with Gasteiger partial charge in [-0.3, -0.25) is 4.79 Å². The highest BCUT2D eigenvalue weighted by atomic mass is 32.2. The number of carbonyl (C=O) groups is 1. The van der Waals surface area contributed by atoms with Crippen molar-refractivity contribution < 1.29 is 4.79 Å². The second kappa shape index (κ2) is 8.06. The highest BCUT2D eigenvalue weighted by Crippen LogP contribution is 2.11. The molecule has 0 aliphatic carbocycles. The van der Waals surface area contributed by atoms with E-state index in [9.17, 15) is 4.79 Å². The first-order valence-corrected chi connectivity index (χ1v) is 7.19. The van der Waals surface area contributed by atoms with Gasteiger partial charge in [0, 0.05) is 18.7 Å². The molecule has 0 atom stereocenters. The first kappa shape index (κ1) is 14.9. The lowest BCUT2D eigenvalue weighted by atomic mass is 10.1. The summed E-state index contributed by atoms with van der Waals surface area (Å²) in [6, 6.07) is 9.22. The van der Waals surface area contributed by atoms with Crippen LogP contribution in [0.15, 0.2) is 41.8 Å². The van der Waals surface area contributed by atoms with E-state index in [2.05, 4.69) is 18.7 Å². The Morgan fingerprint density at radius 3 is 2.44 bits per heavy atom. The molecule has 0 spiro atoms. The molecule has 0 N–H and O–H groups in total. The van der Waals surface area contributed by atoms with Crippen molar-refractivity contribution in [2.24, 2.45) is 0 Å². The molecule has 0 unspecified atom stereocenters. The number of benzene rings is 1. The average Bonchev–Trinajstić information content (AvgIpc) is 2.41. The molecule has 0 fully saturated rings. The van der Waals surface area contributed by atoms with Crippen molar-refractivity contribution in [3.05, 3.63) is 47.4 Å². The summed E-state index contributed by atoms with van der Waals surface area (Å²) >= 11 is 6.68. The molecule has 4 heteroatoms. The molecule has 0 saturated heterocycles. The molecule has 1 aromatic carbocycles. The van der Waals surface area contributed by atoms with Gasteiger partial charge in [0.05, 0.1) is 0 Å². The number of nitrogens with zero attached hydrogens (tertiary/aromatic N) is 1. The van der Waals surface area contributed by atoms with Crippen LogP contribution < -0.4 is 0 Å². The molecule has 96 valence electrons. The molecule has 0 saturated carbocycles. The van der Waals surface area contributed by atoms with Gasteiger partial charge >= 0.3 is 0 Å². The first-order valence-electron chi connectivity index (χ1n) is 5.90. The SMILES string of the molecule is CCN(CC)C(=S)S/C=C/C(=O)c1ccccc1. The Kier molecular flexibility index (Phi) is 6.68. The van der Waals surface area contributed by atoms with E-state index in [0.29, 0.717) is 5.56 Å². The Morgan fingerprint density at radius 2 is 1.89 bits per heavy atom. The Labute approximate surface area is 118 Å². The van der Waals surface area contributed by atoms with Gasteiger partial charge in [-0.15, -0.1) is 0 Å². The number of allylic oxidation sites excluding steroid dienone is 1. The third-order valence-electron chi connectivity index (χ3n) is 2.47. The van der Waals surface area contributed by atoms with E-state index in [0.717, 1.165) is 17.4 Å². The molecule has 0 bridgehead atoms. The molecule has 0 aromatic heterocycles. The third-order valence-corrected chi connectivity index (χ3v) is 3.75. The van der Waals surface area contributed by atoms with E-state index in [-0.39, 0.29) is 5.78 Å². The second-order valence-electron chi connectivity index (χ2n) is 3.59. The zero-order chi connectivity index (χ0) is 13.4. The van der Waals surface area contributed by atoms with Gasteiger partial charge in [-0.05, 0) is 25.3 Å². The smallest absolute Gasteiger partial charge is 0.186 e. The minimum absolute atomic E-state index is 0.00504. The lowest BCUT2D eigenvalue weighted by molar-refractivity contribution is 0.104. The van der Waals surface area contributed by atoms with Crippen molar-refractivity contribution in [3.63, 3.8) is 0 Å². The van der Waals surface area contributed by atoms with Gasteiger partial charge in [-0.25, -0.2) is 0 Å². The minimum Gasteiger partial charge on any atom is -0.358 e. The fraction of sp³-hybridized carbons (Fsp3) is 0.286. The predicted molar refractivity (Wildman–Crippen MR) is 83.0 cm³/mol. The molecule has 0 amide bonds. The largest absolute Gasteiger partial charge is 0.358 e. The van der Waals surface area contributed by atoms with Crippen LogP contribution in [0.5, 0.6) is 0 Å². The molecule has 2 nitrogen and oxygen atoms in total. The van der Waals surface area contributed by atoms with Crippen molar-refractivity contribution in [2.45, 2.75) is 13.8 Å². The standard InChI is InChI=1S/C14H17NOS2/c1-3-15(4-2)14(17)18-11-10-13(16)12-8-6-5-7-9-12/h5-11H,3-4H2,1-2H3/b11-10+. The fourth-order valence-electron chi connectivity index (χ4n) is 1.41. The maximum Gasteiger partial charge on any atom is 0.186 e. The number of thioether (sulfide) groups is 1. The number of hydrogen-bond acceptors (Lipinski definition) is 3. The van der Waals surface area contributed by atoms with Crippen LogP contribution in [0.1, 0.15) is 24.2 Å². The average molecular weight is 279 g/mol. The molecular formula is C14H17NOS2. The topological polar surface area (TPSA) is 20.3 Å². The molecule has 18 heavy (non-hydrogen) atoms. The van der Waals surface area contributed by atoms with Gasteiger partial charge in [-0.1, -0.05) is 54.3 Å². The highest BCUT2D eigenvalue weighted by molar-refractivity contribution is 8.24. The Hall–Kier alpha value is -1.13. The van der Waals surface area contributed by atoms with Crippen LogP contribution in [-0.2, 0) is 0 Å². The number of hydrogen-bond donors (Lipinski definition) is 0. The zero-order valence-corrected chi connectivity index (χ0v) is 12.3. The molecular weight excluding hydrogens is 262 g/mol. The van der Waals surface area contributed by atoms with Crippen LogP contribution in [0.25, 0.3) is 0 Å². The summed E-state index contributed by atoms with van der Waals surface area (Å²) in [4.78, 5) is 13.9. The number of carbonyl (C=O) groups excluding carboxylic acids is 1. The van der Waals surface area contributed by atoms with Crippen molar-refractivity contribution in [2.75, 3.05) is 13.1 Å². The van der Waals surface area contributed by atoms with E-state index in [1.165, 1.54) is 11.8 Å². The summed E-state index contributed by atoms with van der Waals surface area (Å²) in [7, 11) is 0. The van der Waals surface area contributed by atoms with Crippen LogP contribution in [0.3, 0.4) is 0 Å². The van der Waals surface area contributed by atoms with Gasteiger partial charge < -0.3 is 4.90 Å². The predicted octanol–water partition coefficient (Wildman–Crippen LogP) is 3.74. The van der Waals surface area contributed by atoms with Crippen LogP contribution in [0.2, 0.25) is 0 Å². The van der Waals surface area contributed by atoms with Crippen molar-refractivity contribution in [1.29, 1.82) is 0 Å². The van der Waals surface area contributed by atoms with E-state index in [1.807, 2.05) is 18.2 Å². The lowest BCUT2D eigenvalue weighted by Gasteiger charge is -2.19. The van der Waals surface area contributed by atoms with Crippen LogP contribution >= 0.6 is 24.0 Å². The van der Waals surface area contributed by atoms with E-state index in [1.54, 1.807) is 23.6 Å². The molecule has 0 aliphatic heterocycles. The second-order valence-corrected chi connectivity index (χ2v) is 5.13. The van der Waals surface area contributed by atoms with E-state index < -0.39 is 0 Å². The summed E-state index contributed by atoms with van der Waals surface area (Å²) in [5, 5.41) is 1.76. The zero-order valence-electron chi connectivity index (χ0n) is 10.6. The maximum atomic E-state index is 11.8. The highest BCUT2D eigenvalue weighted by Gasteiger charge is 2.04. The van der Waals surface area contributed by atoms with Gasteiger partial charge in [-0.2, -0.15) is 0 Å². The van der Waals surface area contributed by atoms with Crippen molar-refractivity contribution in [3.8, 4) is 0 Å². The Morgan fingerprint density at radius 1 is 1.28 bits per heavy atom. The van der Waals surface area contributed by atoms with Gasteiger partial charge in [0.25, 0.3) is 0 Å². The lowest BCUT2D eigenvalue weighted by Crippen LogP contribution is -2.26. The van der Waals surface area contributed by atoms with Crippen LogP contribution in [-0.4, -0.2) is 28.1 Å². The normalized spacial score (nSPS) is 10.6. The van der Waals surface area contributed by atoms with Gasteiger partial charge in [0.2, 0.25) is 0 Å². The van der Waals surface area contributed by atoms with E-state index >= 15 is 0 Å². The van der Waals surface area contributed by atoms with Crippen molar-refractivity contribution in [1.82, 2.24) is 4.90 Å². The summed E-state index contributed by atoms with van der Waals surface area (Å²) in [5.74, 6) is 0.00504. The maximum absolute atomic E-state index is 11.8. The summed E-state index contributed by atoms with van der Waals surface area (Å²) < 4.78 is 0.803.